The summed E-state index contributed by atoms with van der Waals surface area (Å²) in [6.07, 6.45) is 2.07. The zero-order valence-corrected chi connectivity index (χ0v) is 8.22. The topological polar surface area (TPSA) is 44.1 Å². The van der Waals surface area contributed by atoms with Crippen molar-refractivity contribution in [1.82, 2.24) is 4.90 Å². The molecule has 3 rings (SSSR count). The first-order valence-corrected chi connectivity index (χ1v) is 5.60. The van der Waals surface area contributed by atoms with Gasteiger partial charge >= 0.3 is 0 Å². The molecule has 70 valence electrons. The number of fused-ring (bicyclic) bond motifs is 3. The summed E-state index contributed by atoms with van der Waals surface area (Å²) in [5.41, 5.74) is 0. The van der Waals surface area contributed by atoms with Crippen molar-refractivity contribution in [1.29, 1.82) is 5.26 Å². The predicted molar refractivity (Wildman–Crippen MR) is 51.2 cm³/mol. The molecule has 3 aliphatic heterocycles. The summed E-state index contributed by atoms with van der Waals surface area (Å²) >= 11 is 1.20. The molecule has 0 aliphatic carbocycles. The Kier molecular flexibility index (Phi) is 2.56. The highest BCUT2D eigenvalue weighted by atomic mass is 32.2. The van der Waals surface area contributed by atoms with Crippen LogP contribution in [-0.4, -0.2) is 35.6 Å². The minimum Gasteiger partial charge on any atom is -0.298 e. The average molecular weight is 196 g/mol. The number of thioether (sulfide) groups is 1. The van der Waals surface area contributed by atoms with E-state index in [-0.39, 0.29) is 6.04 Å². The van der Waals surface area contributed by atoms with Gasteiger partial charge in [0.05, 0.1) is 6.04 Å². The van der Waals surface area contributed by atoms with Crippen molar-refractivity contribution in [3.8, 4) is 5.40 Å². The van der Waals surface area contributed by atoms with Gasteiger partial charge in [0.25, 0.3) is 0 Å². The van der Waals surface area contributed by atoms with Crippen LogP contribution in [0.25, 0.3) is 0 Å². The Bertz CT molecular complexity index is 253. The fourth-order valence-electron chi connectivity index (χ4n) is 2.25. The van der Waals surface area contributed by atoms with Crippen LogP contribution in [0.1, 0.15) is 12.8 Å². The highest BCUT2D eigenvalue weighted by molar-refractivity contribution is 8.03. The Morgan fingerprint density at radius 1 is 1.54 bits per heavy atom. The lowest BCUT2D eigenvalue weighted by Crippen LogP contribution is -2.56. The fourth-order valence-corrected chi connectivity index (χ4v) is 2.86. The first-order valence-electron chi connectivity index (χ1n) is 4.61. The maximum absolute atomic E-state index is 11.7. The van der Waals surface area contributed by atoms with Crippen molar-refractivity contribution < 1.29 is 4.79 Å². The Morgan fingerprint density at radius 2 is 2.23 bits per heavy atom. The Hall–Kier alpha value is -0.530. The summed E-state index contributed by atoms with van der Waals surface area (Å²) in [5, 5.41) is 10.5. The molecule has 13 heavy (non-hydrogen) atoms. The van der Waals surface area contributed by atoms with Crippen LogP contribution >= 0.6 is 11.8 Å². The summed E-state index contributed by atoms with van der Waals surface area (Å²) < 4.78 is 0. The van der Waals surface area contributed by atoms with Gasteiger partial charge in [-0.2, -0.15) is 5.26 Å². The molecule has 0 spiro atoms. The quantitative estimate of drug-likeness (QED) is 0.614. The Morgan fingerprint density at radius 3 is 2.77 bits per heavy atom. The Balaban J connectivity index is 2.02. The number of piperidine rings is 3. The van der Waals surface area contributed by atoms with E-state index in [1.54, 1.807) is 0 Å². The number of hydrogen-bond donors (Lipinski definition) is 0. The third kappa shape index (κ3) is 1.59. The van der Waals surface area contributed by atoms with Crippen molar-refractivity contribution in [3.63, 3.8) is 0 Å². The van der Waals surface area contributed by atoms with Crippen LogP contribution in [0.5, 0.6) is 0 Å². The SMILES string of the molecule is N#CSCC1C(=O)C2CCN1CC2. The van der Waals surface area contributed by atoms with E-state index in [0.717, 1.165) is 25.9 Å². The third-order valence-electron chi connectivity index (χ3n) is 3.01. The summed E-state index contributed by atoms with van der Waals surface area (Å²) in [4.78, 5) is 14.0. The van der Waals surface area contributed by atoms with Crippen LogP contribution in [0, 0.1) is 16.6 Å². The van der Waals surface area contributed by atoms with E-state index in [4.69, 9.17) is 5.26 Å². The molecule has 0 aromatic carbocycles. The van der Waals surface area contributed by atoms with Gasteiger partial charge in [0.2, 0.25) is 0 Å². The molecular formula is C9H12N2OS. The second-order valence-electron chi connectivity index (χ2n) is 3.63. The number of carbonyl (C=O) groups is 1. The van der Waals surface area contributed by atoms with Gasteiger partial charge in [0.15, 0.2) is 5.78 Å². The van der Waals surface area contributed by atoms with Crippen molar-refractivity contribution >= 4 is 17.5 Å². The fraction of sp³-hybridized carbons (Fsp3) is 0.778. The zero-order valence-electron chi connectivity index (χ0n) is 7.40. The maximum Gasteiger partial charge on any atom is 0.154 e. The van der Waals surface area contributed by atoms with Crippen LogP contribution in [-0.2, 0) is 4.79 Å². The van der Waals surface area contributed by atoms with E-state index >= 15 is 0 Å². The Labute approximate surface area is 82.1 Å². The van der Waals surface area contributed by atoms with Gasteiger partial charge in [0.1, 0.15) is 5.40 Å². The number of rotatable bonds is 2. The molecule has 0 amide bonds. The summed E-state index contributed by atoms with van der Waals surface area (Å²) in [5.74, 6) is 1.33. The molecule has 3 heterocycles. The number of hydrogen-bond acceptors (Lipinski definition) is 4. The largest absolute Gasteiger partial charge is 0.298 e. The molecule has 4 heteroatoms. The molecule has 3 saturated heterocycles. The van der Waals surface area contributed by atoms with Gasteiger partial charge in [-0.15, -0.1) is 0 Å². The van der Waals surface area contributed by atoms with Gasteiger partial charge in [-0.25, -0.2) is 0 Å². The molecule has 0 N–H and O–H groups in total. The first kappa shape index (κ1) is 9.04. The van der Waals surface area contributed by atoms with Gasteiger partial charge < -0.3 is 0 Å². The van der Waals surface area contributed by atoms with E-state index < -0.39 is 0 Å². The second-order valence-corrected chi connectivity index (χ2v) is 4.44. The van der Waals surface area contributed by atoms with E-state index in [9.17, 15) is 4.79 Å². The highest BCUT2D eigenvalue weighted by Crippen LogP contribution is 2.30. The smallest absolute Gasteiger partial charge is 0.154 e. The summed E-state index contributed by atoms with van der Waals surface area (Å²) in [7, 11) is 0. The van der Waals surface area contributed by atoms with Crippen molar-refractivity contribution in [3.05, 3.63) is 0 Å². The third-order valence-corrected chi connectivity index (χ3v) is 3.62. The second kappa shape index (κ2) is 3.69. The van der Waals surface area contributed by atoms with Crippen molar-refractivity contribution in [2.45, 2.75) is 18.9 Å². The number of carbonyl (C=O) groups excluding carboxylic acids is 1. The molecule has 3 aliphatic rings. The molecule has 0 aromatic rings. The van der Waals surface area contributed by atoms with Crippen molar-refractivity contribution in [2.75, 3.05) is 18.8 Å². The van der Waals surface area contributed by atoms with Crippen LogP contribution in [0.3, 0.4) is 0 Å². The lowest BCUT2D eigenvalue weighted by Gasteiger charge is -2.43. The predicted octanol–water partition coefficient (Wildman–Crippen LogP) is 0.864. The lowest BCUT2D eigenvalue weighted by molar-refractivity contribution is -0.135. The number of Topliss-reactive ketones (excluding diaryl/α,β-unsaturated/α-hetero) is 1. The first-order chi connectivity index (χ1) is 6.33. The number of thiocyanates is 1. The minimum absolute atomic E-state index is 0.0390. The number of nitriles is 1. The molecule has 1 unspecified atom stereocenters. The van der Waals surface area contributed by atoms with E-state index in [1.807, 2.05) is 5.40 Å². The van der Waals surface area contributed by atoms with Gasteiger partial charge in [-0.1, -0.05) is 0 Å². The molecule has 0 radical (unpaired) electrons. The van der Waals surface area contributed by atoms with Crippen LogP contribution in [0.4, 0.5) is 0 Å². The molecule has 2 bridgehead atoms. The number of ketones is 1. The number of nitrogens with zero attached hydrogens (tertiary/aromatic N) is 2. The minimum atomic E-state index is 0.0390. The monoisotopic (exact) mass is 196 g/mol. The lowest BCUT2D eigenvalue weighted by atomic mass is 9.83. The van der Waals surface area contributed by atoms with Gasteiger partial charge in [-0.3, -0.25) is 9.69 Å². The van der Waals surface area contributed by atoms with E-state index in [0.29, 0.717) is 17.5 Å². The van der Waals surface area contributed by atoms with E-state index in [1.165, 1.54) is 11.8 Å². The summed E-state index contributed by atoms with van der Waals surface area (Å²) in [6.45, 7) is 2.10. The molecule has 1 atom stereocenters. The highest BCUT2D eigenvalue weighted by Gasteiger charge is 2.40. The van der Waals surface area contributed by atoms with Crippen LogP contribution in [0.15, 0.2) is 0 Å². The standard InChI is InChI=1S/C9H12N2OS/c10-6-13-5-8-9(12)7-1-3-11(8)4-2-7/h7-8H,1-5H2. The van der Waals surface area contributed by atoms with E-state index in [2.05, 4.69) is 4.90 Å². The van der Waals surface area contributed by atoms with Crippen molar-refractivity contribution in [2.24, 2.45) is 5.92 Å². The van der Waals surface area contributed by atoms with Crippen LogP contribution in [0.2, 0.25) is 0 Å². The molecular weight excluding hydrogens is 184 g/mol. The summed E-state index contributed by atoms with van der Waals surface area (Å²) in [6, 6.07) is 0.0390. The maximum atomic E-state index is 11.7. The normalized spacial score (nSPS) is 37.5. The molecule has 3 nitrogen and oxygen atoms in total. The van der Waals surface area contributed by atoms with Gasteiger partial charge in [-0.05, 0) is 37.7 Å². The average Bonchev–Trinajstić information content (AvgIpc) is 2.18. The van der Waals surface area contributed by atoms with Gasteiger partial charge in [0, 0.05) is 11.7 Å². The molecule has 3 fully saturated rings. The molecule has 0 aromatic heterocycles. The van der Waals surface area contributed by atoms with Crippen LogP contribution < -0.4 is 0 Å². The zero-order chi connectivity index (χ0) is 9.26. The molecule has 0 saturated carbocycles.